The molecular weight excluding hydrogens is 176 g/mol. The Morgan fingerprint density at radius 2 is 2.33 bits per heavy atom. The van der Waals surface area contributed by atoms with E-state index in [1.807, 2.05) is 0 Å². The van der Waals surface area contributed by atoms with Crippen LogP contribution in [0.4, 0.5) is 0 Å². The second kappa shape index (κ2) is 7.37. The highest BCUT2D eigenvalue weighted by Crippen LogP contribution is 1.91. The van der Waals surface area contributed by atoms with Crippen molar-refractivity contribution in [3.8, 4) is 0 Å². The summed E-state index contributed by atoms with van der Waals surface area (Å²) in [5.74, 6) is 0.339. The molecule has 1 atom stereocenters. The van der Waals surface area contributed by atoms with E-state index in [2.05, 4.69) is 12.2 Å². The quantitative estimate of drug-likeness (QED) is 0.485. The summed E-state index contributed by atoms with van der Waals surface area (Å²) >= 11 is 5.44. The summed E-state index contributed by atoms with van der Waals surface area (Å²) in [5.41, 5.74) is 5.51. The molecule has 72 valence electrons. The van der Waals surface area contributed by atoms with Crippen LogP contribution in [0.3, 0.4) is 0 Å². The number of hydrogen-bond donors (Lipinski definition) is 2. The highest BCUT2D eigenvalue weighted by atomic mass is 35.5. The maximum Gasteiger partial charge on any atom is 0.236 e. The van der Waals surface area contributed by atoms with Crippen LogP contribution in [0.5, 0.6) is 0 Å². The molecule has 3 nitrogen and oxygen atoms in total. The molecule has 0 aliphatic carbocycles. The summed E-state index contributed by atoms with van der Waals surface area (Å²) in [6.07, 6.45) is 2.61. The van der Waals surface area contributed by atoms with Crippen molar-refractivity contribution in [3.63, 3.8) is 0 Å². The van der Waals surface area contributed by atoms with Crippen LogP contribution in [0, 0.1) is 0 Å². The summed E-state index contributed by atoms with van der Waals surface area (Å²) in [4.78, 5) is 11.1. The number of alkyl halides is 1. The second-order valence-corrected chi connectivity index (χ2v) is 3.11. The van der Waals surface area contributed by atoms with Crippen molar-refractivity contribution >= 4 is 17.5 Å². The van der Waals surface area contributed by atoms with Crippen LogP contribution in [-0.2, 0) is 4.79 Å². The lowest BCUT2D eigenvalue weighted by Crippen LogP contribution is -2.41. The third kappa shape index (κ3) is 5.38. The van der Waals surface area contributed by atoms with Crippen molar-refractivity contribution in [2.45, 2.75) is 32.2 Å². The van der Waals surface area contributed by atoms with Crippen LogP contribution >= 0.6 is 11.6 Å². The van der Waals surface area contributed by atoms with Crippen LogP contribution in [0.1, 0.15) is 26.2 Å². The molecule has 0 aromatic carbocycles. The Labute approximate surface area is 78.6 Å². The van der Waals surface area contributed by atoms with Crippen LogP contribution in [-0.4, -0.2) is 24.4 Å². The zero-order valence-corrected chi connectivity index (χ0v) is 8.23. The van der Waals surface area contributed by atoms with E-state index in [4.69, 9.17) is 17.3 Å². The van der Waals surface area contributed by atoms with Gasteiger partial charge in [-0.1, -0.05) is 13.3 Å². The molecule has 0 aliphatic heterocycles. The van der Waals surface area contributed by atoms with E-state index in [1.54, 1.807) is 0 Å². The predicted octanol–water partition coefficient (Wildman–Crippen LogP) is 0.859. The second-order valence-electron chi connectivity index (χ2n) is 2.73. The van der Waals surface area contributed by atoms with Gasteiger partial charge in [0.2, 0.25) is 5.91 Å². The zero-order valence-electron chi connectivity index (χ0n) is 7.48. The number of unbranched alkanes of at least 4 members (excludes halogenated alkanes) is 1. The van der Waals surface area contributed by atoms with Gasteiger partial charge in [-0.25, -0.2) is 0 Å². The molecule has 1 unspecified atom stereocenters. The lowest BCUT2D eigenvalue weighted by Gasteiger charge is -2.09. The Hall–Kier alpha value is -0.280. The standard InChI is InChI=1S/C8H17ClN2O/c1-2-3-6-11-8(12)7(10)4-5-9/h7H,2-6,10H2,1H3,(H,11,12). The summed E-state index contributed by atoms with van der Waals surface area (Å²) < 4.78 is 0. The van der Waals surface area contributed by atoms with E-state index in [1.165, 1.54) is 0 Å². The normalized spacial score (nSPS) is 12.6. The smallest absolute Gasteiger partial charge is 0.236 e. The van der Waals surface area contributed by atoms with Crippen molar-refractivity contribution < 1.29 is 4.79 Å². The fraction of sp³-hybridized carbons (Fsp3) is 0.875. The molecular formula is C8H17ClN2O. The van der Waals surface area contributed by atoms with Gasteiger partial charge in [-0.3, -0.25) is 4.79 Å². The van der Waals surface area contributed by atoms with Crippen LogP contribution in [0.15, 0.2) is 0 Å². The largest absolute Gasteiger partial charge is 0.355 e. The van der Waals surface area contributed by atoms with Crippen molar-refractivity contribution in [2.75, 3.05) is 12.4 Å². The highest BCUT2D eigenvalue weighted by Gasteiger charge is 2.10. The monoisotopic (exact) mass is 192 g/mol. The first kappa shape index (κ1) is 11.7. The van der Waals surface area contributed by atoms with Gasteiger partial charge in [-0.15, -0.1) is 11.6 Å². The van der Waals surface area contributed by atoms with Crippen LogP contribution in [0.2, 0.25) is 0 Å². The minimum Gasteiger partial charge on any atom is -0.355 e. The zero-order chi connectivity index (χ0) is 9.40. The van der Waals surface area contributed by atoms with Gasteiger partial charge in [-0.05, 0) is 12.8 Å². The summed E-state index contributed by atoms with van der Waals surface area (Å²) in [6, 6.07) is -0.445. The Morgan fingerprint density at radius 3 is 2.83 bits per heavy atom. The number of carbonyl (C=O) groups is 1. The molecule has 3 N–H and O–H groups in total. The Kier molecular flexibility index (Phi) is 7.20. The maximum atomic E-state index is 11.1. The van der Waals surface area contributed by atoms with Gasteiger partial charge in [-0.2, -0.15) is 0 Å². The first-order valence-electron chi connectivity index (χ1n) is 4.31. The molecule has 0 bridgehead atoms. The molecule has 1 amide bonds. The maximum absolute atomic E-state index is 11.1. The SMILES string of the molecule is CCCCNC(=O)C(N)CCCl. The Bertz CT molecular complexity index is 130. The van der Waals surface area contributed by atoms with E-state index < -0.39 is 6.04 Å². The van der Waals surface area contributed by atoms with Gasteiger partial charge in [0, 0.05) is 12.4 Å². The van der Waals surface area contributed by atoms with Crippen molar-refractivity contribution in [2.24, 2.45) is 5.73 Å². The van der Waals surface area contributed by atoms with Gasteiger partial charge in [0.05, 0.1) is 6.04 Å². The minimum atomic E-state index is -0.445. The molecule has 0 aromatic rings. The first-order valence-corrected chi connectivity index (χ1v) is 4.85. The summed E-state index contributed by atoms with van der Waals surface area (Å²) in [6.45, 7) is 2.79. The average Bonchev–Trinajstić information content (AvgIpc) is 2.05. The lowest BCUT2D eigenvalue weighted by atomic mass is 10.2. The van der Waals surface area contributed by atoms with E-state index in [0.717, 1.165) is 12.8 Å². The van der Waals surface area contributed by atoms with Gasteiger partial charge < -0.3 is 11.1 Å². The van der Waals surface area contributed by atoms with Gasteiger partial charge in [0.15, 0.2) is 0 Å². The fourth-order valence-electron chi connectivity index (χ4n) is 0.768. The fourth-order valence-corrected chi connectivity index (χ4v) is 1.00. The Balaban J connectivity index is 3.43. The van der Waals surface area contributed by atoms with Crippen LogP contribution in [0.25, 0.3) is 0 Å². The number of amides is 1. The number of nitrogens with two attached hydrogens (primary N) is 1. The number of hydrogen-bond acceptors (Lipinski definition) is 2. The highest BCUT2D eigenvalue weighted by molar-refractivity contribution is 6.18. The molecule has 0 heterocycles. The third-order valence-corrected chi connectivity index (χ3v) is 1.80. The van der Waals surface area contributed by atoms with Crippen LogP contribution < -0.4 is 11.1 Å². The van der Waals surface area contributed by atoms with Gasteiger partial charge >= 0.3 is 0 Å². The number of rotatable bonds is 6. The summed E-state index contributed by atoms with van der Waals surface area (Å²) in [7, 11) is 0. The lowest BCUT2D eigenvalue weighted by molar-refractivity contribution is -0.122. The van der Waals surface area contributed by atoms with Gasteiger partial charge in [0.25, 0.3) is 0 Å². The average molecular weight is 193 g/mol. The number of halogens is 1. The molecule has 12 heavy (non-hydrogen) atoms. The van der Waals surface area contributed by atoms with Gasteiger partial charge in [0.1, 0.15) is 0 Å². The molecule has 0 saturated carbocycles. The van der Waals surface area contributed by atoms with Crippen molar-refractivity contribution in [1.82, 2.24) is 5.32 Å². The molecule has 0 fully saturated rings. The molecule has 0 aromatic heterocycles. The topological polar surface area (TPSA) is 55.1 Å². The molecule has 0 rings (SSSR count). The number of nitrogens with one attached hydrogen (secondary N) is 1. The molecule has 0 saturated heterocycles. The predicted molar refractivity (Wildman–Crippen MR) is 51.2 cm³/mol. The molecule has 0 spiro atoms. The third-order valence-electron chi connectivity index (χ3n) is 1.59. The molecule has 4 heteroatoms. The summed E-state index contributed by atoms with van der Waals surface area (Å²) in [5, 5.41) is 2.75. The first-order chi connectivity index (χ1) is 5.72. The molecule has 0 radical (unpaired) electrons. The van der Waals surface area contributed by atoms with Crippen molar-refractivity contribution in [1.29, 1.82) is 0 Å². The minimum absolute atomic E-state index is 0.0934. The molecule has 0 aliphatic rings. The Morgan fingerprint density at radius 1 is 1.67 bits per heavy atom. The van der Waals surface area contributed by atoms with E-state index in [-0.39, 0.29) is 5.91 Å². The van der Waals surface area contributed by atoms with E-state index in [9.17, 15) is 4.79 Å². The van der Waals surface area contributed by atoms with E-state index >= 15 is 0 Å². The van der Waals surface area contributed by atoms with E-state index in [0.29, 0.717) is 18.8 Å². The number of carbonyl (C=O) groups excluding carboxylic acids is 1. The van der Waals surface area contributed by atoms with Crippen molar-refractivity contribution in [3.05, 3.63) is 0 Å².